The van der Waals surface area contributed by atoms with Gasteiger partial charge in [-0.2, -0.15) is 0 Å². The molecule has 0 fully saturated rings. The molecule has 6 heteroatoms. The lowest BCUT2D eigenvalue weighted by molar-refractivity contribution is -0.136. The second-order valence-electron chi connectivity index (χ2n) is 6.47. The Morgan fingerprint density at radius 3 is 2.54 bits per heavy atom. The van der Waals surface area contributed by atoms with Crippen LogP contribution in [0.4, 0.5) is 11.5 Å². The highest BCUT2D eigenvalue weighted by atomic mass is 32.1. The van der Waals surface area contributed by atoms with Gasteiger partial charge in [0.15, 0.2) is 5.82 Å². The summed E-state index contributed by atoms with van der Waals surface area (Å²) in [6.45, 7) is 8.02. The molecule has 28 heavy (non-hydrogen) atoms. The number of nitrogens with zero attached hydrogens (tertiary/aromatic N) is 2. The van der Waals surface area contributed by atoms with Crippen LogP contribution < -0.4 is 5.32 Å². The number of thiophene rings is 1. The zero-order chi connectivity index (χ0) is 20.1. The van der Waals surface area contributed by atoms with Gasteiger partial charge in [0, 0.05) is 21.8 Å². The maximum absolute atomic E-state index is 10.9. The van der Waals surface area contributed by atoms with E-state index in [1.807, 2.05) is 36.4 Å². The Hall–Kier alpha value is -2.99. The summed E-state index contributed by atoms with van der Waals surface area (Å²) in [6.07, 6.45) is 3.34. The lowest BCUT2D eigenvalue weighted by atomic mass is 10.1. The molecule has 5 nitrogen and oxygen atoms in total. The molecule has 3 aromatic rings. The molecule has 0 amide bonds. The van der Waals surface area contributed by atoms with Crippen LogP contribution in [0.2, 0.25) is 0 Å². The average Bonchev–Trinajstić information content (AvgIpc) is 3.10. The molecule has 0 spiro atoms. The summed E-state index contributed by atoms with van der Waals surface area (Å²) in [7, 11) is 0. The predicted octanol–water partition coefficient (Wildman–Crippen LogP) is 5.18. The Labute approximate surface area is 168 Å². The quantitative estimate of drug-likeness (QED) is 0.516. The molecule has 0 unspecified atom stereocenters. The first-order valence-corrected chi connectivity index (χ1v) is 9.97. The number of aliphatic carboxylic acids is 1. The van der Waals surface area contributed by atoms with Crippen molar-refractivity contribution in [1.29, 1.82) is 0 Å². The van der Waals surface area contributed by atoms with Crippen molar-refractivity contribution in [2.24, 2.45) is 0 Å². The van der Waals surface area contributed by atoms with E-state index in [1.165, 1.54) is 4.88 Å². The van der Waals surface area contributed by atoms with Gasteiger partial charge in [0.25, 0.3) is 0 Å². The minimum Gasteiger partial charge on any atom is -0.481 e. The number of allylic oxidation sites excluding steroid dienone is 1. The van der Waals surface area contributed by atoms with Gasteiger partial charge in [0.2, 0.25) is 0 Å². The molecular formula is C22H23N3O2S. The zero-order valence-corrected chi connectivity index (χ0v) is 16.8. The molecule has 144 valence electrons. The van der Waals surface area contributed by atoms with E-state index in [0.29, 0.717) is 12.2 Å². The van der Waals surface area contributed by atoms with Crippen molar-refractivity contribution in [3.05, 3.63) is 70.8 Å². The Bertz CT molecular complexity index is 994. The zero-order valence-electron chi connectivity index (χ0n) is 16.0. The van der Waals surface area contributed by atoms with E-state index >= 15 is 0 Å². The van der Waals surface area contributed by atoms with Crippen molar-refractivity contribution in [1.82, 2.24) is 9.97 Å². The van der Waals surface area contributed by atoms with Crippen LogP contribution in [-0.4, -0.2) is 21.0 Å². The summed E-state index contributed by atoms with van der Waals surface area (Å²) in [5.74, 6) is 0.639. The molecular weight excluding hydrogens is 370 g/mol. The number of nitrogens with one attached hydrogen (secondary N) is 1. The molecule has 0 radical (unpaired) electrons. The Kier molecular flexibility index (Phi) is 6.21. The first kappa shape index (κ1) is 19.8. The number of carboxylic acids is 1. The highest BCUT2D eigenvalue weighted by molar-refractivity contribution is 7.15. The van der Waals surface area contributed by atoms with Crippen LogP contribution in [0.15, 0.2) is 49.1 Å². The van der Waals surface area contributed by atoms with Gasteiger partial charge in [-0.25, -0.2) is 9.97 Å². The van der Waals surface area contributed by atoms with E-state index in [9.17, 15) is 4.79 Å². The van der Waals surface area contributed by atoms with Gasteiger partial charge in [-0.3, -0.25) is 4.79 Å². The number of aryl methyl sites for hydroxylation is 2. The summed E-state index contributed by atoms with van der Waals surface area (Å²) in [6, 6.07) is 11.5. The average molecular weight is 394 g/mol. The monoisotopic (exact) mass is 393 g/mol. The van der Waals surface area contributed by atoms with Crippen molar-refractivity contribution >= 4 is 28.8 Å². The molecule has 0 bridgehead atoms. The van der Waals surface area contributed by atoms with Gasteiger partial charge in [-0.1, -0.05) is 25.1 Å². The number of carbonyl (C=O) groups is 1. The number of carboxylic acid groups (broad SMARTS) is 1. The lowest BCUT2D eigenvalue weighted by Crippen LogP contribution is -2.07. The molecule has 0 atom stereocenters. The van der Waals surface area contributed by atoms with E-state index < -0.39 is 5.97 Å². The Morgan fingerprint density at radius 1 is 1.21 bits per heavy atom. The first-order chi connectivity index (χ1) is 13.5. The first-order valence-electron chi connectivity index (χ1n) is 9.15. The fraction of sp³-hybridized carbons (Fsp3) is 0.227. The van der Waals surface area contributed by atoms with Crippen LogP contribution in [0.5, 0.6) is 0 Å². The van der Waals surface area contributed by atoms with Gasteiger partial charge in [0.1, 0.15) is 5.82 Å². The van der Waals surface area contributed by atoms with Gasteiger partial charge >= 0.3 is 5.97 Å². The van der Waals surface area contributed by atoms with E-state index in [1.54, 1.807) is 11.3 Å². The molecule has 2 heterocycles. The molecule has 2 N–H and O–H groups in total. The largest absolute Gasteiger partial charge is 0.481 e. The summed E-state index contributed by atoms with van der Waals surface area (Å²) in [4.78, 5) is 22.7. The highest BCUT2D eigenvalue weighted by Gasteiger charge is 2.15. The lowest BCUT2D eigenvalue weighted by Gasteiger charge is -2.15. The Morgan fingerprint density at radius 2 is 1.96 bits per heavy atom. The van der Waals surface area contributed by atoms with Crippen molar-refractivity contribution in [3.63, 3.8) is 0 Å². The van der Waals surface area contributed by atoms with E-state index in [4.69, 9.17) is 15.1 Å². The second kappa shape index (κ2) is 8.80. The highest BCUT2D eigenvalue weighted by Crippen LogP contribution is 2.30. The second-order valence-corrected chi connectivity index (χ2v) is 7.76. The minimum absolute atomic E-state index is 0.0113. The van der Waals surface area contributed by atoms with Gasteiger partial charge < -0.3 is 10.4 Å². The van der Waals surface area contributed by atoms with Crippen LogP contribution in [-0.2, 0) is 24.1 Å². The number of rotatable bonds is 8. The summed E-state index contributed by atoms with van der Waals surface area (Å²) in [5, 5.41) is 12.3. The fourth-order valence-electron chi connectivity index (χ4n) is 2.97. The molecule has 0 aliphatic heterocycles. The van der Waals surface area contributed by atoms with Crippen molar-refractivity contribution < 1.29 is 9.90 Å². The molecule has 1 aromatic carbocycles. The third kappa shape index (κ3) is 4.64. The molecule has 3 rings (SSSR count). The normalized spacial score (nSPS) is 10.6. The Balaban J connectivity index is 1.99. The van der Waals surface area contributed by atoms with Crippen LogP contribution in [0.1, 0.15) is 28.6 Å². The minimum atomic E-state index is -0.840. The van der Waals surface area contributed by atoms with Crippen LogP contribution in [0.25, 0.3) is 10.7 Å². The van der Waals surface area contributed by atoms with E-state index in [2.05, 4.69) is 31.8 Å². The van der Waals surface area contributed by atoms with Crippen LogP contribution in [0.3, 0.4) is 0 Å². The number of aromatic nitrogens is 2. The summed E-state index contributed by atoms with van der Waals surface area (Å²) < 4.78 is 0. The predicted molar refractivity (Wildman–Crippen MR) is 114 cm³/mol. The maximum atomic E-state index is 10.9. The van der Waals surface area contributed by atoms with Gasteiger partial charge in [-0.05, 0) is 49.6 Å². The van der Waals surface area contributed by atoms with E-state index in [0.717, 1.165) is 39.6 Å². The number of benzene rings is 1. The van der Waals surface area contributed by atoms with Gasteiger partial charge in [0.05, 0.1) is 11.3 Å². The molecule has 2 aromatic heterocycles. The molecule has 0 aliphatic rings. The topological polar surface area (TPSA) is 75.1 Å². The molecule has 0 aliphatic carbocycles. The number of anilines is 2. The molecule has 0 saturated carbocycles. The van der Waals surface area contributed by atoms with Crippen LogP contribution in [0, 0.1) is 6.92 Å². The standard InChI is InChI=1S/C22H23N3O2S/c1-4-6-17-18(5-2)24-22(19-12-7-14(3)28-19)25-21(17)23-16-10-8-15(9-11-16)13-20(26)27/h4,7-12H,1,5-6,13H2,2-3H3,(H,26,27)(H,23,24,25). The van der Waals surface area contributed by atoms with Crippen molar-refractivity contribution in [3.8, 4) is 10.7 Å². The van der Waals surface area contributed by atoms with E-state index in [-0.39, 0.29) is 6.42 Å². The van der Waals surface area contributed by atoms with Gasteiger partial charge in [-0.15, -0.1) is 17.9 Å². The number of hydrogen-bond donors (Lipinski definition) is 2. The fourth-order valence-corrected chi connectivity index (χ4v) is 3.77. The third-order valence-corrected chi connectivity index (χ3v) is 5.31. The van der Waals surface area contributed by atoms with Crippen molar-refractivity contribution in [2.45, 2.75) is 33.1 Å². The molecule has 0 saturated heterocycles. The maximum Gasteiger partial charge on any atom is 0.307 e. The summed E-state index contributed by atoms with van der Waals surface area (Å²) >= 11 is 1.67. The number of hydrogen-bond acceptors (Lipinski definition) is 5. The van der Waals surface area contributed by atoms with Crippen LogP contribution >= 0.6 is 11.3 Å². The SMILES string of the molecule is C=CCc1c(CC)nc(-c2ccc(C)s2)nc1Nc1ccc(CC(=O)O)cc1. The van der Waals surface area contributed by atoms with Crippen molar-refractivity contribution in [2.75, 3.05) is 5.32 Å². The summed E-state index contributed by atoms with van der Waals surface area (Å²) in [5.41, 5.74) is 3.65. The third-order valence-electron chi connectivity index (χ3n) is 4.31. The smallest absolute Gasteiger partial charge is 0.307 e.